The number of hydrogen-bond donors (Lipinski definition) is 0. The van der Waals surface area contributed by atoms with Gasteiger partial charge in [-0.2, -0.15) is 11.3 Å². The van der Waals surface area contributed by atoms with Crippen molar-refractivity contribution >= 4 is 49.2 Å². The molecule has 1 radical (unpaired) electrons. The van der Waals surface area contributed by atoms with Crippen molar-refractivity contribution in [2.45, 2.75) is 24.1 Å². The summed E-state index contributed by atoms with van der Waals surface area (Å²) in [5.41, 5.74) is 4.88. The van der Waals surface area contributed by atoms with E-state index in [1.54, 1.807) is 6.07 Å². The number of rotatable bonds is 4. The third-order valence-electron chi connectivity index (χ3n) is 7.26. The predicted octanol–water partition coefficient (Wildman–Crippen LogP) is 10.1. The zero-order valence-corrected chi connectivity index (χ0v) is 29.8. The maximum atomic E-state index is 14.7. The van der Waals surface area contributed by atoms with Crippen LogP contribution >= 0.6 is 11.3 Å². The minimum absolute atomic E-state index is 0. The number of aryl methyl sites for hydroxylation is 1. The van der Waals surface area contributed by atoms with Crippen LogP contribution in [0.25, 0.3) is 53.8 Å². The van der Waals surface area contributed by atoms with E-state index in [0.29, 0.717) is 22.2 Å². The summed E-state index contributed by atoms with van der Waals surface area (Å²) >= 11 is -0.230. The van der Waals surface area contributed by atoms with Gasteiger partial charge in [-0.05, 0) is 50.8 Å². The third kappa shape index (κ3) is 6.77. The Morgan fingerprint density at radius 3 is 2.27 bits per heavy atom. The molecule has 0 aliphatic carbocycles. The molecule has 0 amide bonds. The Labute approximate surface area is 283 Å². The number of benzene rings is 4. The summed E-state index contributed by atoms with van der Waals surface area (Å²) in [6.07, 6.45) is 3.44. The fourth-order valence-corrected chi connectivity index (χ4v) is 8.31. The molecule has 3 aromatic heterocycles. The summed E-state index contributed by atoms with van der Waals surface area (Å²) in [5, 5.41) is 1.40. The smallest absolute Gasteiger partial charge is 0 e. The van der Waals surface area contributed by atoms with Crippen molar-refractivity contribution in [3.05, 3.63) is 139 Å². The molecule has 0 N–H and O–H groups in total. The minimum atomic E-state index is -2.30. The maximum Gasteiger partial charge on any atom is 0 e. The van der Waals surface area contributed by atoms with Gasteiger partial charge in [-0.25, -0.2) is 0 Å². The van der Waals surface area contributed by atoms with E-state index in [0.717, 1.165) is 31.6 Å². The van der Waals surface area contributed by atoms with E-state index in [1.165, 1.54) is 28.0 Å². The molecule has 0 aliphatic heterocycles. The zero-order chi connectivity index (χ0) is 32.5. The molecule has 0 aliphatic rings. The van der Waals surface area contributed by atoms with Crippen LogP contribution in [-0.2, 0) is 20.1 Å². The van der Waals surface area contributed by atoms with Gasteiger partial charge in [0.15, 0.2) is 0 Å². The second-order valence-electron chi connectivity index (χ2n) is 11.3. The molecule has 0 bridgehead atoms. The van der Waals surface area contributed by atoms with Crippen molar-refractivity contribution in [2.24, 2.45) is 0 Å². The van der Waals surface area contributed by atoms with E-state index in [1.807, 2.05) is 85.1 Å². The molecule has 4 aromatic carbocycles. The number of fused-ring (bicyclic) bond motifs is 3. The van der Waals surface area contributed by atoms with E-state index in [-0.39, 0.29) is 31.5 Å². The van der Waals surface area contributed by atoms with Gasteiger partial charge in [0, 0.05) is 40.9 Å². The van der Waals surface area contributed by atoms with E-state index in [9.17, 15) is 4.39 Å². The minimum Gasteiger partial charge on any atom is 0 e. The van der Waals surface area contributed by atoms with Crippen molar-refractivity contribution in [3.63, 3.8) is 0 Å². The van der Waals surface area contributed by atoms with Crippen LogP contribution in [0, 0.1) is 24.8 Å². The standard InChI is InChI=1S/C24H15FNS.C14H16GeN.Ir/c1-15-14-26-21(13-19(15)16-7-3-2-4-8-16)17-11-12-20(25)23-18-9-5-6-10-22(18)27-24(17)23;1-15(2,3)13-9-10-14(16-11-13)12-7-5-4-6-8-12;/h2-10,12-14H,1H3;4-7,9-11H,1-3H3;/q2*-1;/i1D3;;. The number of hydrogen-bond acceptors (Lipinski definition) is 3. The molecule has 0 saturated heterocycles. The second kappa shape index (κ2) is 13.7. The number of thiophene rings is 1. The van der Waals surface area contributed by atoms with Gasteiger partial charge in [0.2, 0.25) is 0 Å². The zero-order valence-electron chi connectivity index (χ0n) is 27.5. The molecule has 0 fully saturated rings. The largest absolute Gasteiger partial charge is 0 e. The van der Waals surface area contributed by atoms with Gasteiger partial charge in [0.05, 0.1) is 0 Å². The molecule has 0 spiro atoms. The van der Waals surface area contributed by atoms with E-state index < -0.39 is 20.1 Å². The first kappa shape index (κ1) is 28.0. The molecule has 3 heterocycles. The molecule has 0 saturated carbocycles. The molecular weight excluding hydrogens is 800 g/mol. The van der Waals surface area contributed by atoms with Gasteiger partial charge in [0.1, 0.15) is 0 Å². The number of pyridine rings is 2. The molecule has 44 heavy (non-hydrogen) atoms. The second-order valence-corrected chi connectivity index (χ2v) is 23.0. The molecule has 0 unspecified atom stereocenters. The van der Waals surface area contributed by atoms with Crippen LogP contribution in [0.1, 0.15) is 9.68 Å². The van der Waals surface area contributed by atoms with Gasteiger partial charge in [-0.15, -0.1) is 17.7 Å². The third-order valence-corrected chi connectivity index (χ3v) is 12.7. The van der Waals surface area contributed by atoms with Crippen molar-refractivity contribution in [1.29, 1.82) is 0 Å². The fourth-order valence-electron chi connectivity index (χ4n) is 4.92. The first-order valence-corrected chi connectivity index (χ1v) is 22.2. The van der Waals surface area contributed by atoms with Crippen LogP contribution in [0.5, 0.6) is 0 Å². The van der Waals surface area contributed by atoms with Crippen molar-refractivity contribution in [3.8, 4) is 33.6 Å². The van der Waals surface area contributed by atoms with Gasteiger partial charge in [-0.1, -0.05) is 54.6 Å². The summed E-state index contributed by atoms with van der Waals surface area (Å²) in [6.45, 7) is -2.30. The topological polar surface area (TPSA) is 25.8 Å². The quantitative estimate of drug-likeness (QED) is 0.130. The normalized spacial score (nSPS) is 12.4. The molecule has 7 aromatic rings. The molecular formula is C38H31FGeIrN2S-2. The predicted molar refractivity (Wildman–Crippen MR) is 183 cm³/mol. The molecule has 7 rings (SSSR count). The van der Waals surface area contributed by atoms with E-state index in [2.05, 4.69) is 51.5 Å². The molecule has 221 valence electrons. The summed E-state index contributed by atoms with van der Waals surface area (Å²) in [5.74, 6) is 6.82. The van der Waals surface area contributed by atoms with Crippen molar-refractivity contribution < 1.29 is 28.6 Å². The van der Waals surface area contributed by atoms with Crippen LogP contribution in [0.4, 0.5) is 4.39 Å². The number of halogens is 1. The van der Waals surface area contributed by atoms with Gasteiger partial charge < -0.3 is 4.98 Å². The van der Waals surface area contributed by atoms with Crippen LogP contribution in [0.3, 0.4) is 0 Å². The average molecular weight is 835 g/mol. The Bertz CT molecular complexity index is 2130. The first-order chi connectivity index (χ1) is 22.0. The molecule has 2 nitrogen and oxygen atoms in total. The molecule has 6 heteroatoms. The Kier molecular flexibility index (Phi) is 8.70. The van der Waals surface area contributed by atoms with E-state index in [4.69, 9.17) is 4.11 Å². The van der Waals surface area contributed by atoms with Crippen molar-refractivity contribution in [1.82, 2.24) is 9.97 Å². The van der Waals surface area contributed by atoms with Crippen molar-refractivity contribution in [2.75, 3.05) is 0 Å². The van der Waals surface area contributed by atoms with Crippen LogP contribution < -0.4 is 4.40 Å². The fraction of sp³-hybridized carbons (Fsp3) is 0.105. The Hall–Kier alpha value is -3.48. The van der Waals surface area contributed by atoms with E-state index >= 15 is 0 Å². The van der Waals surface area contributed by atoms with Gasteiger partial charge in [-0.3, -0.25) is 4.39 Å². The number of aromatic nitrogens is 2. The summed E-state index contributed by atoms with van der Waals surface area (Å²) in [6, 6.07) is 38.7. The van der Waals surface area contributed by atoms with Crippen LogP contribution in [-0.4, -0.2) is 23.2 Å². The van der Waals surface area contributed by atoms with Crippen LogP contribution in [0.2, 0.25) is 17.3 Å². The Balaban J connectivity index is 0.000000217. The summed E-state index contributed by atoms with van der Waals surface area (Å²) in [7, 11) is 0. The Morgan fingerprint density at radius 1 is 0.818 bits per heavy atom. The summed E-state index contributed by atoms with van der Waals surface area (Å²) < 4.78 is 41.6. The van der Waals surface area contributed by atoms with Gasteiger partial charge >= 0.3 is 99.8 Å². The maximum absolute atomic E-state index is 14.7. The average Bonchev–Trinajstić information content (AvgIpc) is 3.46. The monoisotopic (exact) mass is 836 g/mol. The number of nitrogens with zero attached hydrogens (tertiary/aromatic N) is 2. The Morgan fingerprint density at radius 2 is 1.57 bits per heavy atom. The summed E-state index contributed by atoms with van der Waals surface area (Å²) in [4.78, 5) is 8.98. The molecule has 0 atom stereocenters. The first-order valence-electron chi connectivity index (χ1n) is 15.5. The van der Waals surface area contributed by atoms with Crippen LogP contribution in [0.15, 0.2) is 116 Å². The SMILES string of the molecule is [2H]C([2H])([2H])c1cnc(-c2[c-]cc(F)c3c2sc2ccccc23)cc1-c1ccccc1.[CH3][Ge]([CH3])([CH3])[c]1ccc(-c2[c-]cccc2)nc1.[Ir]. The van der Waals surface area contributed by atoms with Gasteiger partial charge in [0.25, 0.3) is 0 Å².